The average molecular weight is 285 g/mol. The van der Waals surface area contributed by atoms with Crippen molar-refractivity contribution >= 4 is 11.0 Å². The predicted octanol–water partition coefficient (Wildman–Crippen LogP) is 3.78. The second kappa shape index (κ2) is 5.64. The van der Waals surface area contributed by atoms with Crippen molar-refractivity contribution in [3.63, 3.8) is 0 Å². The van der Waals surface area contributed by atoms with E-state index in [0.29, 0.717) is 6.04 Å². The van der Waals surface area contributed by atoms with Gasteiger partial charge < -0.3 is 4.42 Å². The first-order valence-corrected chi connectivity index (χ1v) is 7.83. The molecule has 0 spiro atoms. The molecule has 1 aliphatic rings. The number of rotatable bonds is 2. The number of fused-ring (bicyclic) bond motifs is 1. The molecule has 21 heavy (non-hydrogen) atoms. The van der Waals surface area contributed by atoms with Gasteiger partial charge in [-0.05, 0) is 56.8 Å². The second-order valence-corrected chi connectivity index (χ2v) is 6.29. The summed E-state index contributed by atoms with van der Waals surface area (Å²) in [5.41, 5.74) is 3.84. The highest BCUT2D eigenvalue weighted by molar-refractivity contribution is 5.83. The molecule has 112 valence electrons. The molecular formula is C18H23NO2. The first-order valence-electron chi connectivity index (χ1n) is 7.83. The SMILES string of the molecule is Cc1ccc2c(CN3CCCC[C@H]3C)cc(=O)oc2c1C. The van der Waals surface area contributed by atoms with Crippen LogP contribution in [0.4, 0.5) is 0 Å². The number of nitrogens with zero attached hydrogens (tertiary/aromatic N) is 1. The minimum Gasteiger partial charge on any atom is -0.422 e. The third-order valence-electron chi connectivity index (χ3n) is 4.83. The summed E-state index contributed by atoms with van der Waals surface area (Å²) in [6, 6.07) is 6.46. The minimum atomic E-state index is -0.240. The Labute approximate surface area is 125 Å². The minimum absolute atomic E-state index is 0.240. The van der Waals surface area contributed by atoms with E-state index in [-0.39, 0.29) is 5.63 Å². The lowest BCUT2D eigenvalue weighted by atomic mass is 10.00. The quantitative estimate of drug-likeness (QED) is 0.787. The van der Waals surface area contributed by atoms with Gasteiger partial charge in [-0.2, -0.15) is 0 Å². The van der Waals surface area contributed by atoms with E-state index in [1.165, 1.54) is 19.3 Å². The van der Waals surface area contributed by atoms with Gasteiger partial charge in [0.05, 0.1) is 0 Å². The third kappa shape index (κ3) is 2.75. The lowest BCUT2D eigenvalue weighted by Crippen LogP contribution is -2.36. The van der Waals surface area contributed by atoms with Crippen LogP contribution in [0.3, 0.4) is 0 Å². The fourth-order valence-electron chi connectivity index (χ4n) is 3.27. The Kier molecular flexibility index (Phi) is 3.85. The molecule has 0 saturated carbocycles. The normalized spacial score (nSPS) is 20.0. The van der Waals surface area contributed by atoms with Gasteiger partial charge in [0, 0.05) is 24.0 Å². The van der Waals surface area contributed by atoms with Gasteiger partial charge in [-0.15, -0.1) is 0 Å². The summed E-state index contributed by atoms with van der Waals surface area (Å²) in [5, 5.41) is 1.08. The molecule has 0 radical (unpaired) electrons. The lowest BCUT2D eigenvalue weighted by molar-refractivity contribution is 0.153. The van der Waals surface area contributed by atoms with Crippen molar-refractivity contribution < 1.29 is 4.42 Å². The molecule has 3 nitrogen and oxygen atoms in total. The van der Waals surface area contributed by atoms with Gasteiger partial charge in [-0.3, -0.25) is 4.90 Å². The van der Waals surface area contributed by atoms with Crippen LogP contribution in [0.15, 0.2) is 27.4 Å². The molecule has 0 aliphatic carbocycles. The van der Waals surface area contributed by atoms with Crippen molar-refractivity contribution in [3.8, 4) is 0 Å². The molecule has 3 rings (SSSR count). The Morgan fingerprint density at radius 3 is 2.86 bits per heavy atom. The number of benzene rings is 1. The van der Waals surface area contributed by atoms with Gasteiger partial charge >= 0.3 is 5.63 Å². The second-order valence-electron chi connectivity index (χ2n) is 6.29. The molecule has 3 heteroatoms. The summed E-state index contributed by atoms with van der Waals surface area (Å²) < 4.78 is 5.46. The topological polar surface area (TPSA) is 33.5 Å². The van der Waals surface area contributed by atoms with Crippen LogP contribution < -0.4 is 5.63 Å². The van der Waals surface area contributed by atoms with E-state index >= 15 is 0 Å². The molecule has 2 heterocycles. The van der Waals surface area contributed by atoms with Gasteiger partial charge in [-0.1, -0.05) is 18.6 Å². The van der Waals surface area contributed by atoms with E-state index in [9.17, 15) is 4.79 Å². The molecule has 1 aliphatic heterocycles. The van der Waals surface area contributed by atoms with Crippen LogP contribution in [0, 0.1) is 13.8 Å². The maximum atomic E-state index is 11.9. The summed E-state index contributed by atoms with van der Waals surface area (Å²) in [7, 11) is 0. The van der Waals surface area contributed by atoms with Crippen molar-refractivity contribution in [2.45, 2.75) is 52.6 Å². The Balaban J connectivity index is 2.05. The molecule has 2 aromatic rings. The highest BCUT2D eigenvalue weighted by Gasteiger charge is 2.20. The van der Waals surface area contributed by atoms with E-state index in [1.54, 1.807) is 6.07 Å². The smallest absolute Gasteiger partial charge is 0.336 e. The van der Waals surface area contributed by atoms with Crippen molar-refractivity contribution in [2.24, 2.45) is 0 Å². The molecule has 1 saturated heterocycles. The molecule has 0 bridgehead atoms. The average Bonchev–Trinajstić information content (AvgIpc) is 2.46. The van der Waals surface area contributed by atoms with E-state index in [4.69, 9.17) is 4.42 Å². The van der Waals surface area contributed by atoms with E-state index in [1.807, 2.05) is 13.8 Å². The molecule has 1 aromatic heterocycles. The summed E-state index contributed by atoms with van der Waals surface area (Å²) in [6.45, 7) is 8.31. The predicted molar refractivity (Wildman–Crippen MR) is 85.7 cm³/mol. The number of aryl methyl sites for hydroxylation is 2. The van der Waals surface area contributed by atoms with Gasteiger partial charge in [0.15, 0.2) is 0 Å². The molecule has 1 aromatic carbocycles. The van der Waals surface area contributed by atoms with Gasteiger partial charge in [0.1, 0.15) is 5.58 Å². The van der Waals surface area contributed by atoms with Crippen molar-refractivity contribution in [1.82, 2.24) is 4.90 Å². The van der Waals surface area contributed by atoms with Crippen LogP contribution in [-0.4, -0.2) is 17.5 Å². The van der Waals surface area contributed by atoms with Crippen LogP contribution in [0.2, 0.25) is 0 Å². The summed E-state index contributed by atoms with van der Waals surface area (Å²) >= 11 is 0. The molecular weight excluding hydrogens is 262 g/mol. The van der Waals surface area contributed by atoms with Gasteiger partial charge in [0.2, 0.25) is 0 Å². The van der Waals surface area contributed by atoms with Crippen LogP contribution >= 0.6 is 0 Å². The molecule has 1 fully saturated rings. The summed E-state index contributed by atoms with van der Waals surface area (Å²) in [5.74, 6) is 0. The van der Waals surface area contributed by atoms with Crippen molar-refractivity contribution in [2.75, 3.05) is 6.54 Å². The summed E-state index contributed by atoms with van der Waals surface area (Å²) in [6.07, 6.45) is 3.81. The van der Waals surface area contributed by atoms with Crippen molar-refractivity contribution in [3.05, 3.63) is 45.3 Å². The van der Waals surface area contributed by atoms with E-state index in [0.717, 1.165) is 40.7 Å². The van der Waals surface area contributed by atoms with Crippen LogP contribution in [-0.2, 0) is 6.54 Å². The highest BCUT2D eigenvalue weighted by Crippen LogP contribution is 2.26. The largest absolute Gasteiger partial charge is 0.422 e. The number of piperidine rings is 1. The molecule has 0 unspecified atom stereocenters. The maximum absolute atomic E-state index is 11.9. The fourth-order valence-corrected chi connectivity index (χ4v) is 3.27. The van der Waals surface area contributed by atoms with Crippen LogP contribution in [0.5, 0.6) is 0 Å². The third-order valence-corrected chi connectivity index (χ3v) is 4.83. The lowest BCUT2D eigenvalue weighted by Gasteiger charge is -2.33. The highest BCUT2D eigenvalue weighted by atomic mass is 16.4. The zero-order chi connectivity index (χ0) is 15.0. The van der Waals surface area contributed by atoms with Gasteiger partial charge in [0.25, 0.3) is 0 Å². The fraction of sp³-hybridized carbons (Fsp3) is 0.500. The Morgan fingerprint density at radius 1 is 1.29 bits per heavy atom. The monoisotopic (exact) mass is 285 g/mol. The first-order chi connectivity index (χ1) is 10.1. The van der Waals surface area contributed by atoms with Crippen molar-refractivity contribution in [1.29, 1.82) is 0 Å². The molecule has 0 amide bonds. The number of hydrogen-bond acceptors (Lipinski definition) is 3. The number of likely N-dealkylation sites (tertiary alicyclic amines) is 1. The zero-order valence-electron chi connectivity index (χ0n) is 13.1. The first kappa shape index (κ1) is 14.3. The van der Waals surface area contributed by atoms with E-state index in [2.05, 4.69) is 24.0 Å². The van der Waals surface area contributed by atoms with Crippen LogP contribution in [0.25, 0.3) is 11.0 Å². The Bertz CT molecular complexity index is 717. The van der Waals surface area contributed by atoms with Crippen LogP contribution in [0.1, 0.15) is 42.9 Å². The molecule has 0 N–H and O–H groups in total. The van der Waals surface area contributed by atoms with Gasteiger partial charge in [-0.25, -0.2) is 4.79 Å². The summed E-state index contributed by atoms with van der Waals surface area (Å²) in [4.78, 5) is 14.4. The molecule has 1 atom stereocenters. The van der Waals surface area contributed by atoms with E-state index < -0.39 is 0 Å². The standard InChI is InChI=1S/C18H23NO2/c1-12-7-8-16-15(10-17(20)21-18(16)14(12)3)11-19-9-5-4-6-13(19)2/h7-8,10,13H,4-6,9,11H2,1-3H3/t13-/m1/s1. The zero-order valence-corrected chi connectivity index (χ0v) is 13.1. The Hall–Kier alpha value is -1.61. The Morgan fingerprint density at radius 2 is 2.10 bits per heavy atom. The number of hydrogen-bond donors (Lipinski definition) is 0. The maximum Gasteiger partial charge on any atom is 0.336 e.